The summed E-state index contributed by atoms with van der Waals surface area (Å²) in [5, 5.41) is 2.04. The molecule has 3 heterocycles. The number of thiophene rings is 1. The van der Waals surface area contributed by atoms with Crippen LogP contribution in [0.4, 0.5) is 4.79 Å². The van der Waals surface area contributed by atoms with Gasteiger partial charge in [-0.25, -0.2) is 4.79 Å². The van der Waals surface area contributed by atoms with Gasteiger partial charge in [-0.15, -0.1) is 11.3 Å². The number of rotatable bonds is 4. The molecule has 0 bridgehead atoms. The van der Waals surface area contributed by atoms with E-state index >= 15 is 0 Å². The number of nitrogens with zero attached hydrogens (tertiary/aromatic N) is 3. The van der Waals surface area contributed by atoms with Gasteiger partial charge in [-0.1, -0.05) is 12.8 Å². The number of carbonyl (C=O) groups excluding carboxylic acids is 3. The highest BCUT2D eigenvalue weighted by Gasteiger charge is 2.36. The van der Waals surface area contributed by atoms with E-state index in [1.807, 2.05) is 31.1 Å². The maximum atomic E-state index is 13.4. The number of hydrogen-bond donors (Lipinski definition) is 0. The highest BCUT2D eigenvalue weighted by Crippen LogP contribution is 2.37. The third kappa shape index (κ3) is 6.38. The van der Waals surface area contributed by atoms with Gasteiger partial charge in [-0.3, -0.25) is 9.59 Å². The average molecular weight is 504 g/mol. The SMILES string of the molecule is CN(CC(=O)N1CCC(c2cc(C(=O)N3CCCC4CCCCC43)cs2)CC1)C(=O)OC(C)(C)C. The quantitative estimate of drug-likeness (QED) is 0.572. The second kappa shape index (κ2) is 10.9. The van der Waals surface area contributed by atoms with Crippen molar-refractivity contribution in [2.75, 3.05) is 33.2 Å². The molecule has 0 radical (unpaired) electrons. The van der Waals surface area contributed by atoms with Crippen LogP contribution >= 0.6 is 11.3 Å². The number of piperidine rings is 2. The minimum atomic E-state index is -0.584. The number of carbonyl (C=O) groups is 3. The van der Waals surface area contributed by atoms with Gasteiger partial charge in [0.1, 0.15) is 12.1 Å². The molecule has 1 aliphatic carbocycles. The van der Waals surface area contributed by atoms with Gasteiger partial charge < -0.3 is 19.4 Å². The number of hydrogen-bond acceptors (Lipinski definition) is 5. The fourth-order valence-electron chi connectivity index (χ4n) is 5.84. The smallest absolute Gasteiger partial charge is 0.410 e. The summed E-state index contributed by atoms with van der Waals surface area (Å²) in [4.78, 5) is 44.9. The van der Waals surface area contributed by atoms with E-state index in [2.05, 4.69) is 11.0 Å². The van der Waals surface area contributed by atoms with Gasteiger partial charge in [0.15, 0.2) is 0 Å². The molecule has 2 saturated heterocycles. The highest BCUT2D eigenvalue weighted by atomic mass is 32.1. The molecule has 0 N–H and O–H groups in total. The lowest BCUT2D eigenvalue weighted by Gasteiger charge is -2.44. The fourth-order valence-corrected chi connectivity index (χ4v) is 6.90. The maximum Gasteiger partial charge on any atom is 0.410 e. The summed E-state index contributed by atoms with van der Waals surface area (Å²) in [7, 11) is 1.60. The Kier molecular flexibility index (Phi) is 8.09. The molecule has 3 amide bonds. The Morgan fingerprint density at radius 3 is 2.43 bits per heavy atom. The summed E-state index contributed by atoms with van der Waals surface area (Å²) < 4.78 is 5.34. The van der Waals surface area contributed by atoms with E-state index in [0.29, 0.717) is 31.0 Å². The maximum absolute atomic E-state index is 13.4. The predicted octanol–water partition coefficient (Wildman–Crippen LogP) is 5.12. The molecule has 8 heteroatoms. The first kappa shape index (κ1) is 26.0. The van der Waals surface area contributed by atoms with Crippen molar-refractivity contribution in [2.45, 2.75) is 89.7 Å². The summed E-state index contributed by atoms with van der Waals surface area (Å²) in [6.45, 7) is 7.69. The van der Waals surface area contributed by atoms with E-state index in [1.54, 1.807) is 18.4 Å². The fraction of sp³-hybridized carbons (Fsp3) is 0.741. The molecule has 1 aromatic heterocycles. The molecule has 0 spiro atoms. The van der Waals surface area contributed by atoms with E-state index < -0.39 is 11.7 Å². The van der Waals surface area contributed by atoms with Crippen molar-refractivity contribution in [3.63, 3.8) is 0 Å². The Labute approximate surface area is 213 Å². The van der Waals surface area contributed by atoms with Crippen LogP contribution in [0.1, 0.15) is 93.3 Å². The van der Waals surface area contributed by atoms with Crippen LogP contribution in [0.25, 0.3) is 0 Å². The third-order valence-electron chi connectivity index (χ3n) is 7.70. The molecule has 0 aromatic carbocycles. The molecule has 1 saturated carbocycles. The molecule has 4 rings (SSSR count). The molecular formula is C27H41N3O4S. The average Bonchev–Trinajstić information content (AvgIpc) is 3.32. The summed E-state index contributed by atoms with van der Waals surface area (Å²) in [5.74, 6) is 1.22. The monoisotopic (exact) mass is 503 g/mol. The third-order valence-corrected chi connectivity index (χ3v) is 8.79. The first-order chi connectivity index (χ1) is 16.6. The van der Waals surface area contributed by atoms with Crippen LogP contribution in [0, 0.1) is 5.92 Å². The van der Waals surface area contributed by atoms with Gasteiger partial charge in [0.05, 0.1) is 5.56 Å². The molecule has 35 heavy (non-hydrogen) atoms. The van der Waals surface area contributed by atoms with Crippen LogP contribution in [-0.4, -0.2) is 77.5 Å². The van der Waals surface area contributed by atoms with Crippen LogP contribution in [0.15, 0.2) is 11.4 Å². The standard InChI is InChI=1S/C27H41N3O4S/c1-27(2,3)34-26(33)28(4)17-24(31)29-14-11-20(12-15-29)23-16-21(18-35-23)25(32)30-13-7-9-19-8-5-6-10-22(19)30/h16,18-20,22H,5-15,17H2,1-4H3. The Morgan fingerprint density at radius 1 is 1.03 bits per heavy atom. The van der Waals surface area contributed by atoms with E-state index in [4.69, 9.17) is 4.74 Å². The minimum Gasteiger partial charge on any atom is -0.444 e. The number of amides is 3. The van der Waals surface area contributed by atoms with Crippen LogP contribution in [0.5, 0.6) is 0 Å². The summed E-state index contributed by atoms with van der Waals surface area (Å²) in [6.07, 6.45) is 8.65. The molecule has 3 aliphatic rings. The molecule has 194 valence electrons. The minimum absolute atomic E-state index is 0.0230. The second-order valence-corrected chi connectivity index (χ2v) is 12.4. The summed E-state index contributed by atoms with van der Waals surface area (Å²) in [5.41, 5.74) is 0.258. The van der Waals surface area contributed by atoms with Crippen LogP contribution < -0.4 is 0 Å². The van der Waals surface area contributed by atoms with E-state index in [9.17, 15) is 14.4 Å². The van der Waals surface area contributed by atoms with Crippen molar-refractivity contribution in [2.24, 2.45) is 5.92 Å². The van der Waals surface area contributed by atoms with Gasteiger partial charge >= 0.3 is 6.09 Å². The Bertz CT molecular complexity index is 914. The first-order valence-corrected chi connectivity index (χ1v) is 14.1. The second-order valence-electron chi connectivity index (χ2n) is 11.5. The molecule has 2 atom stereocenters. The van der Waals surface area contributed by atoms with Gasteiger partial charge in [0, 0.05) is 43.0 Å². The van der Waals surface area contributed by atoms with Gasteiger partial charge in [0.2, 0.25) is 5.91 Å². The Hall–Kier alpha value is -2.09. The van der Waals surface area contributed by atoms with E-state index in [-0.39, 0.29) is 18.4 Å². The lowest BCUT2D eigenvalue weighted by molar-refractivity contribution is -0.133. The van der Waals surface area contributed by atoms with Crippen molar-refractivity contribution < 1.29 is 19.1 Å². The molecular weight excluding hydrogens is 462 g/mol. The topological polar surface area (TPSA) is 70.2 Å². The zero-order valence-electron chi connectivity index (χ0n) is 21.8. The normalized spacial score (nSPS) is 23.5. The zero-order chi connectivity index (χ0) is 25.2. The Balaban J connectivity index is 1.29. The Morgan fingerprint density at radius 2 is 1.71 bits per heavy atom. The van der Waals surface area contributed by atoms with Crippen molar-refractivity contribution >= 4 is 29.2 Å². The molecule has 1 aromatic rings. The summed E-state index contributed by atoms with van der Waals surface area (Å²) >= 11 is 1.69. The van der Waals surface area contributed by atoms with Gasteiger partial charge in [0.25, 0.3) is 5.91 Å². The van der Waals surface area contributed by atoms with Crippen molar-refractivity contribution in [3.8, 4) is 0 Å². The first-order valence-electron chi connectivity index (χ1n) is 13.2. The van der Waals surface area contributed by atoms with Crippen molar-refractivity contribution in [3.05, 3.63) is 21.9 Å². The molecule has 3 fully saturated rings. The lowest BCUT2D eigenvalue weighted by Crippen LogP contribution is -2.49. The zero-order valence-corrected chi connectivity index (χ0v) is 22.6. The van der Waals surface area contributed by atoms with Crippen molar-refractivity contribution in [1.82, 2.24) is 14.7 Å². The molecule has 2 unspecified atom stereocenters. The summed E-state index contributed by atoms with van der Waals surface area (Å²) in [6, 6.07) is 2.54. The number of likely N-dealkylation sites (tertiary alicyclic amines) is 2. The number of fused-ring (bicyclic) bond motifs is 1. The molecule has 7 nitrogen and oxygen atoms in total. The predicted molar refractivity (Wildman–Crippen MR) is 138 cm³/mol. The van der Waals surface area contributed by atoms with Crippen LogP contribution in [0.3, 0.4) is 0 Å². The van der Waals surface area contributed by atoms with Gasteiger partial charge in [-0.05, 0) is 77.2 Å². The van der Waals surface area contributed by atoms with Crippen molar-refractivity contribution in [1.29, 1.82) is 0 Å². The van der Waals surface area contributed by atoms with Gasteiger partial charge in [-0.2, -0.15) is 0 Å². The van der Waals surface area contributed by atoms with E-state index in [0.717, 1.165) is 37.8 Å². The van der Waals surface area contributed by atoms with Crippen LogP contribution in [-0.2, 0) is 9.53 Å². The number of ether oxygens (including phenoxy) is 1. The van der Waals surface area contributed by atoms with Crippen LogP contribution in [0.2, 0.25) is 0 Å². The highest BCUT2D eigenvalue weighted by molar-refractivity contribution is 7.10. The molecule has 2 aliphatic heterocycles. The lowest BCUT2D eigenvalue weighted by atomic mass is 9.78. The largest absolute Gasteiger partial charge is 0.444 e. The van der Waals surface area contributed by atoms with E-state index in [1.165, 1.54) is 35.5 Å². The number of likely N-dealkylation sites (N-methyl/N-ethyl adjacent to an activating group) is 1.